The summed E-state index contributed by atoms with van der Waals surface area (Å²) in [5.41, 5.74) is 7.92. The highest BCUT2D eigenvalue weighted by molar-refractivity contribution is 6.03. The molecule has 2 rings (SSSR count). The number of nitrogens with one attached hydrogen (secondary N) is 2. The molecule has 1 saturated carbocycles. The van der Waals surface area contributed by atoms with Crippen LogP contribution in [0.15, 0.2) is 18.2 Å². The molecular formula is C16H24N4O2. The molecule has 1 atom stereocenters. The monoisotopic (exact) mass is 304 g/mol. The summed E-state index contributed by atoms with van der Waals surface area (Å²) in [4.78, 5) is 25.6. The zero-order chi connectivity index (χ0) is 16.3. The molecule has 1 aromatic rings. The minimum absolute atomic E-state index is 0.00794. The van der Waals surface area contributed by atoms with E-state index in [9.17, 15) is 9.59 Å². The molecule has 0 heterocycles. The van der Waals surface area contributed by atoms with Crippen LogP contribution in [0.25, 0.3) is 0 Å². The van der Waals surface area contributed by atoms with E-state index in [4.69, 9.17) is 5.73 Å². The standard InChI is InChI=1S/C16H24N4O2/c1-10-4-7-14(19-16(22)20(2)3)12(8-10)15(21)18-9-13(17)11-5-6-11/h4,7-8,11,13H,5-6,9,17H2,1-3H3,(H,18,21)(H,19,22). The molecule has 1 aromatic carbocycles. The van der Waals surface area contributed by atoms with Gasteiger partial charge < -0.3 is 21.3 Å². The lowest BCUT2D eigenvalue weighted by atomic mass is 10.1. The van der Waals surface area contributed by atoms with Gasteiger partial charge in [0.05, 0.1) is 11.3 Å². The van der Waals surface area contributed by atoms with Crippen molar-refractivity contribution in [3.8, 4) is 0 Å². The van der Waals surface area contributed by atoms with E-state index in [-0.39, 0.29) is 18.0 Å². The molecule has 0 aromatic heterocycles. The first-order valence-corrected chi connectivity index (χ1v) is 7.51. The average Bonchev–Trinajstić information content (AvgIpc) is 3.30. The predicted octanol–water partition coefficient (Wildman–Crippen LogP) is 1.56. The molecule has 1 unspecified atom stereocenters. The Bertz CT molecular complexity index is 567. The number of urea groups is 1. The quantitative estimate of drug-likeness (QED) is 0.771. The Morgan fingerprint density at radius 1 is 1.36 bits per heavy atom. The lowest BCUT2D eigenvalue weighted by Crippen LogP contribution is -2.39. The van der Waals surface area contributed by atoms with E-state index in [2.05, 4.69) is 10.6 Å². The van der Waals surface area contributed by atoms with E-state index in [1.807, 2.05) is 13.0 Å². The lowest BCUT2D eigenvalue weighted by molar-refractivity contribution is 0.0951. The van der Waals surface area contributed by atoms with Crippen molar-refractivity contribution in [2.45, 2.75) is 25.8 Å². The van der Waals surface area contributed by atoms with Crippen LogP contribution in [0, 0.1) is 12.8 Å². The molecule has 0 radical (unpaired) electrons. The number of carbonyl (C=O) groups excluding carboxylic acids is 2. The van der Waals surface area contributed by atoms with Gasteiger partial charge in [-0.25, -0.2) is 4.79 Å². The third kappa shape index (κ3) is 4.21. The molecule has 1 aliphatic rings. The van der Waals surface area contributed by atoms with Crippen molar-refractivity contribution in [3.05, 3.63) is 29.3 Å². The Morgan fingerprint density at radius 2 is 2.05 bits per heavy atom. The number of anilines is 1. The van der Waals surface area contributed by atoms with Crippen molar-refractivity contribution in [1.29, 1.82) is 0 Å². The smallest absolute Gasteiger partial charge is 0.321 e. The summed E-state index contributed by atoms with van der Waals surface area (Å²) >= 11 is 0. The maximum absolute atomic E-state index is 12.4. The third-order valence-electron chi connectivity index (χ3n) is 3.79. The van der Waals surface area contributed by atoms with Crippen LogP contribution in [0.5, 0.6) is 0 Å². The highest BCUT2D eigenvalue weighted by Gasteiger charge is 2.28. The van der Waals surface area contributed by atoms with Crippen molar-refractivity contribution in [2.75, 3.05) is 26.0 Å². The van der Waals surface area contributed by atoms with Gasteiger partial charge in [-0.05, 0) is 37.8 Å². The van der Waals surface area contributed by atoms with Gasteiger partial charge in [-0.15, -0.1) is 0 Å². The van der Waals surface area contributed by atoms with Crippen LogP contribution >= 0.6 is 0 Å². The second-order valence-electron chi connectivity index (χ2n) is 6.08. The van der Waals surface area contributed by atoms with Crippen LogP contribution in [-0.4, -0.2) is 43.5 Å². The van der Waals surface area contributed by atoms with Gasteiger partial charge in [0.25, 0.3) is 5.91 Å². The summed E-state index contributed by atoms with van der Waals surface area (Å²) in [6.45, 7) is 2.36. The van der Waals surface area contributed by atoms with E-state index in [1.54, 1.807) is 26.2 Å². The number of hydrogen-bond donors (Lipinski definition) is 3. The number of hydrogen-bond acceptors (Lipinski definition) is 3. The minimum Gasteiger partial charge on any atom is -0.350 e. The SMILES string of the molecule is Cc1ccc(NC(=O)N(C)C)c(C(=O)NCC(N)C2CC2)c1. The first kappa shape index (κ1) is 16.3. The Kier molecular flexibility index (Phi) is 5.03. The van der Waals surface area contributed by atoms with E-state index >= 15 is 0 Å². The fourth-order valence-electron chi connectivity index (χ4n) is 2.18. The topological polar surface area (TPSA) is 87.5 Å². The molecule has 22 heavy (non-hydrogen) atoms. The second-order valence-corrected chi connectivity index (χ2v) is 6.08. The average molecular weight is 304 g/mol. The summed E-state index contributed by atoms with van der Waals surface area (Å²) in [5.74, 6) is 0.319. The van der Waals surface area contributed by atoms with Crippen molar-refractivity contribution < 1.29 is 9.59 Å². The Hall–Kier alpha value is -2.08. The van der Waals surface area contributed by atoms with Crippen molar-refractivity contribution in [1.82, 2.24) is 10.2 Å². The summed E-state index contributed by atoms with van der Waals surface area (Å²) < 4.78 is 0. The fourth-order valence-corrected chi connectivity index (χ4v) is 2.18. The van der Waals surface area contributed by atoms with Crippen LogP contribution in [0.2, 0.25) is 0 Å². The molecule has 4 N–H and O–H groups in total. The van der Waals surface area contributed by atoms with E-state index < -0.39 is 0 Å². The van der Waals surface area contributed by atoms with Crippen LogP contribution < -0.4 is 16.4 Å². The van der Waals surface area contributed by atoms with Gasteiger partial charge in [-0.1, -0.05) is 11.6 Å². The molecule has 0 aliphatic heterocycles. The van der Waals surface area contributed by atoms with Crippen molar-refractivity contribution >= 4 is 17.6 Å². The van der Waals surface area contributed by atoms with E-state index in [0.29, 0.717) is 23.7 Å². The molecular weight excluding hydrogens is 280 g/mol. The number of aryl methyl sites for hydroxylation is 1. The van der Waals surface area contributed by atoms with Gasteiger partial charge in [-0.3, -0.25) is 4.79 Å². The minimum atomic E-state index is -0.271. The molecule has 6 heteroatoms. The van der Waals surface area contributed by atoms with Crippen molar-refractivity contribution in [2.24, 2.45) is 11.7 Å². The summed E-state index contributed by atoms with van der Waals surface area (Å²) in [6.07, 6.45) is 2.29. The highest BCUT2D eigenvalue weighted by Crippen LogP contribution is 2.31. The van der Waals surface area contributed by atoms with Gasteiger partial charge in [0.2, 0.25) is 0 Å². The first-order chi connectivity index (χ1) is 10.4. The highest BCUT2D eigenvalue weighted by atomic mass is 16.2. The molecule has 120 valence electrons. The number of carbonyl (C=O) groups is 2. The van der Waals surface area contributed by atoms with Gasteiger partial charge in [-0.2, -0.15) is 0 Å². The number of nitrogens with two attached hydrogens (primary N) is 1. The second kappa shape index (κ2) is 6.79. The molecule has 1 aliphatic carbocycles. The third-order valence-corrected chi connectivity index (χ3v) is 3.79. The Labute approximate surface area is 131 Å². The largest absolute Gasteiger partial charge is 0.350 e. The lowest BCUT2D eigenvalue weighted by Gasteiger charge is -2.16. The van der Waals surface area contributed by atoms with E-state index in [1.165, 1.54) is 4.90 Å². The van der Waals surface area contributed by atoms with Gasteiger partial charge >= 0.3 is 6.03 Å². The van der Waals surface area contributed by atoms with Crippen LogP contribution in [0.3, 0.4) is 0 Å². The van der Waals surface area contributed by atoms with Crippen LogP contribution in [0.4, 0.5) is 10.5 Å². The molecule has 0 saturated heterocycles. The molecule has 0 bridgehead atoms. The maximum atomic E-state index is 12.4. The number of nitrogens with zero attached hydrogens (tertiary/aromatic N) is 1. The van der Waals surface area contributed by atoms with Gasteiger partial charge in [0, 0.05) is 26.7 Å². The zero-order valence-corrected chi connectivity index (χ0v) is 13.3. The Balaban J connectivity index is 2.08. The van der Waals surface area contributed by atoms with Crippen LogP contribution in [-0.2, 0) is 0 Å². The van der Waals surface area contributed by atoms with Crippen LogP contribution in [0.1, 0.15) is 28.8 Å². The molecule has 1 fully saturated rings. The normalized spacial score (nSPS) is 15.1. The van der Waals surface area contributed by atoms with Crippen molar-refractivity contribution in [3.63, 3.8) is 0 Å². The maximum Gasteiger partial charge on any atom is 0.321 e. The predicted molar refractivity (Wildman–Crippen MR) is 86.9 cm³/mol. The summed E-state index contributed by atoms with van der Waals surface area (Å²) in [7, 11) is 3.30. The Morgan fingerprint density at radius 3 is 2.64 bits per heavy atom. The van der Waals surface area contributed by atoms with E-state index in [0.717, 1.165) is 18.4 Å². The first-order valence-electron chi connectivity index (χ1n) is 7.51. The van der Waals surface area contributed by atoms with Gasteiger partial charge in [0.1, 0.15) is 0 Å². The molecule has 0 spiro atoms. The number of rotatable bonds is 5. The van der Waals surface area contributed by atoms with Gasteiger partial charge in [0.15, 0.2) is 0 Å². The zero-order valence-electron chi connectivity index (χ0n) is 13.3. The number of amides is 3. The molecule has 6 nitrogen and oxygen atoms in total. The molecule has 3 amide bonds. The summed E-state index contributed by atoms with van der Waals surface area (Å²) in [6, 6.07) is 5.11. The fraction of sp³-hybridized carbons (Fsp3) is 0.500. The number of benzene rings is 1. The summed E-state index contributed by atoms with van der Waals surface area (Å²) in [5, 5.41) is 5.60.